The van der Waals surface area contributed by atoms with Crippen molar-refractivity contribution in [2.45, 2.75) is 28.5 Å². The molecule has 2 N–H and O–H groups in total. The van der Waals surface area contributed by atoms with Crippen molar-refractivity contribution in [3.05, 3.63) is 65.2 Å². The van der Waals surface area contributed by atoms with Crippen LogP contribution in [0.3, 0.4) is 0 Å². The second-order valence-electron chi connectivity index (χ2n) is 5.96. The van der Waals surface area contributed by atoms with E-state index in [1.807, 2.05) is 6.07 Å². The van der Waals surface area contributed by atoms with Crippen LogP contribution in [0.5, 0.6) is 0 Å². The highest BCUT2D eigenvalue weighted by molar-refractivity contribution is 7.92. The molecule has 0 radical (unpaired) electrons. The van der Waals surface area contributed by atoms with Gasteiger partial charge in [0.25, 0.3) is 0 Å². The van der Waals surface area contributed by atoms with E-state index in [1.54, 1.807) is 31.2 Å². The summed E-state index contributed by atoms with van der Waals surface area (Å²) in [5.74, 6) is -1.36. The first-order chi connectivity index (χ1) is 11.8. The molecular weight excluding hydrogens is 362 g/mol. The van der Waals surface area contributed by atoms with Gasteiger partial charge in [-0.2, -0.15) is 0 Å². The van der Waals surface area contributed by atoms with Crippen LogP contribution in [0.4, 0.5) is 0 Å². The quantitative estimate of drug-likeness (QED) is 0.807. The third-order valence-corrected chi connectivity index (χ3v) is 6.96. The molecule has 2 aromatic rings. The van der Waals surface area contributed by atoms with E-state index in [-0.39, 0.29) is 11.5 Å². The van der Waals surface area contributed by atoms with Crippen LogP contribution < -0.4 is 5.73 Å². The molecule has 1 saturated carbocycles. The Bertz CT molecular complexity index is 883. The summed E-state index contributed by atoms with van der Waals surface area (Å²) >= 11 is 5.84. The maximum atomic E-state index is 13.1. The molecule has 0 amide bonds. The topological polar surface area (TPSA) is 86.5 Å². The Morgan fingerprint density at radius 2 is 1.76 bits per heavy atom. The minimum Gasteiger partial charge on any atom is -0.465 e. The zero-order valence-electron chi connectivity index (χ0n) is 13.6. The zero-order valence-corrected chi connectivity index (χ0v) is 15.1. The number of hydrogen-bond donors (Lipinski definition) is 1. The molecule has 0 bridgehead atoms. The zero-order chi connectivity index (χ0) is 18.2. The molecule has 3 rings (SSSR count). The number of carbonyl (C=O) groups excluding carboxylic acids is 1. The summed E-state index contributed by atoms with van der Waals surface area (Å²) in [6, 6.07) is 14.8. The third kappa shape index (κ3) is 2.94. The van der Waals surface area contributed by atoms with Crippen LogP contribution in [-0.2, 0) is 19.4 Å². The third-order valence-electron chi connectivity index (χ3n) is 4.44. The predicted octanol–water partition coefficient (Wildman–Crippen LogP) is 2.54. The lowest BCUT2D eigenvalue weighted by Gasteiger charge is -2.11. The number of carbonyl (C=O) groups is 1. The number of ether oxygens (including phenoxy) is 1. The highest BCUT2D eigenvalue weighted by atomic mass is 35.5. The molecule has 3 unspecified atom stereocenters. The average Bonchev–Trinajstić information content (AvgIpc) is 3.25. The van der Waals surface area contributed by atoms with Crippen molar-refractivity contribution in [1.82, 2.24) is 0 Å². The molecule has 2 aromatic carbocycles. The minimum absolute atomic E-state index is 0.0828. The second-order valence-corrected chi connectivity index (χ2v) is 8.47. The van der Waals surface area contributed by atoms with Gasteiger partial charge in [-0.1, -0.05) is 41.9 Å². The van der Waals surface area contributed by atoms with E-state index in [1.165, 1.54) is 24.3 Å². The second kappa shape index (κ2) is 6.44. The molecule has 25 heavy (non-hydrogen) atoms. The molecular formula is C18H18ClNO4S. The molecule has 1 fully saturated rings. The molecule has 132 valence electrons. The highest BCUT2D eigenvalue weighted by Crippen LogP contribution is 2.56. The number of esters is 1. The smallest absolute Gasteiger partial charge is 0.328 e. The summed E-state index contributed by atoms with van der Waals surface area (Å²) in [6.45, 7) is 1.79. The Labute approximate surface area is 151 Å². The summed E-state index contributed by atoms with van der Waals surface area (Å²) in [5, 5.41) is -0.651. The normalized spacial score (nSPS) is 25.4. The van der Waals surface area contributed by atoms with E-state index in [2.05, 4.69) is 0 Å². The number of halogens is 1. The van der Waals surface area contributed by atoms with Crippen molar-refractivity contribution < 1.29 is 17.9 Å². The van der Waals surface area contributed by atoms with Gasteiger partial charge < -0.3 is 10.5 Å². The maximum Gasteiger partial charge on any atom is 0.328 e. The molecule has 0 aromatic heterocycles. The molecule has 1 aliphatic carbocycles. The number of hydrogen-bond acceptors (Lipinski definition) is 5. The summed E-state index contributed by atoms with van der Waals surface area (Å²) in [7, 11) is -3.84. The molecule has 3 atom stereocenters. The van der Waals surface area contributed by atoms with Gasteiger partial charge in [-0.15, -0.1) is 0 Å². The van der Waals surface area contributed by atoms with Gasteiger partial charge in [-0.25, -0.2) is 13.2 Å². The van der Waals surface area contributed by atoms with E-state index in [4.69, 9.17) is 22.1 Å². The summed E-state index contributed by atoms with van der Waals surface area (Å²) < 4.78 is 31.2. The SMILES string of the molecule is CCOC(=O)C1(N)C(c2ccccc2)C1S(=O)(=O)c1ccc(Cl)cc1. The summed E-state index contributed by atoms with van der Waals surface area (Å²) in [6.07, 6.45) is 0. The first-order valence-electron chi connectivity index (χ1n) is 7.84. The van der Waals surface area contributed by atoms with Gasteiger partial charge >= 0.3 is 5.97 Å². The fraction of sp³-hybridized carbons (Fsp3) is 0.278. The van der Waals surface area contributed by atoms with Gasteiger partial charge in [0, 0.05) is 10.9 Å². The largest absolute Gasteiger partial charge is 0.465 e. The summed E-state index contributed by atoms with van der Waals surface area (Å²) in [4.78, 5) is 12.5. The van der Waals surface area contributed by atoms with Gasteiger partial charge in [0.1, 0.15) is 10.8 Å². The Hall–Kier alpha value is -1.89. The molecule has 1 aliphatic rings. The van der Waals surface area contributed by atoms with E-state index < -0.39 is 32.5 Å². The van der Waals surface area contributed by atoms with Crippen LogP contribution in [0.25, 0.3) is 0 Å². The van der Waals surface area contributed by atoms with Gasteiger partial charge in [-0.3, -0.25) is 0 Å². The fourth-order valence-corrected chi connectivity index (χ4v) is 5.54. The van der Waals surface area contributed by atoms with Crippen LogP contribution in [0.2, 0.25) is 5.02 Å². The van der Waals surface area contributed by atoms with Gasteiger partial charge in [0.05, 0.1) is 11.5 Å². The lowest BCUT2D eigenvalue weighted by molar-refractivity contribution is -0.145. The van der Waals surface area contributed by atoms with Gasteiger partial charge in [0.15, 0.2) is 9.84 Å². The van der Waals surface area contributed by atoms with Gasteiger partial charge in [0.2, 0.25) is 0 Å². The van der Waals surface area contributed by atoms with Crippen LogP contribution in [-0.4, -0.2) is 31.8 Å². The van der Waals surface area contributed by atoms with Gasteiger partial charge in [-0.05, 0) is 36.8 Å². The van der Waals surface area contributed by atoms with Crippen molar-refractivity contribution in [2.75, 3.05) is 6.61 Å². The van der Waals surface area contributed by atoms with Crippen molar-refractivity contribution in [3.63, 3.8) is 0 Å². The Morgan fingerprint density at radius 3 is 2.32 bits per heavy atom. The van der Waals surface area contributed by atoms with Crippen LogP contribution in [0.15, 0.2) is 59.5 Å². The molecule has 0 saturated heterocycles. The average molecular weight is 380 g/mol. The molecule has 0 heterocycles. The Morgan fingerprint density at radius 1 is 1.16 bits per heavy atom. The van der Waals surface area contributed by atoms with Crippen molar-refractivity contribution in [2.24, 2.45) is 5.73 Å². The molecule has 0 aliphatic heterocycles. The molecule has 7 heteroatoms. The van der Waals surface area contributed by atoms with E-state index >= 15 is 0 Å². The predicted molar refractivity (Wildman–Crippen MR) is 95.2 cm³/mol. The number of nitrogens with two attached hydrogens (primary N) is 1. The van der Waals surface area contributed by atoms with Crippen molar-refractivity contribution in [3.8, 4) is 0 Å². The van der Waals surface area contributed by atoms with Crippen molar-refractivity contribution >= 4 is 27.4 Å². The monoisotopic (exact) mass is 379 g/mol. The fourth-order valence-electron chi connectivity index (χ4n) is 3.19. The standard InChI is InChI=1S/C18H18ClNO4S/c1-2-24-17(21)18(20)15(12-6-4-3-5-7-12)16(18)25(22,23)14-10-8-13(19)9-11-14/h3-11,15-16H,2,20H2,1H3. The number of rotatable bonds is 5. The van der Waals surface area contributed by atoms with Crippen LogP contribution >= 0.6 is 11.6 Å². The number of sulfone groups is 1. The highest BCUT2D eigenvalue weighted by Gasteiger charge is 2.74. The van der Waals surface area contributed by atoms with Crippen molar-refractivity contribution in [1.29, 1.82) is 0 Å². The number of benzene rings is 2. The van der Waals surface area contributed by atoms with E-state index in [0.717, 1.165) is 0 Å². The molecule has 5 nitrogen and oxygen atoms in total. The van der Waals surface area contributed by atoms with Crippen LogP contribution in [0.1, 0.15) is 18.4 Å². The first kappa shape index (κ1) is 17.9. The summed E-state index contributed by atoms with van der Waals surface area (Å²) in [5.41, 5.74) is 5.36. The lowest BCUT2D eigenvalue weighted by Crippen LogP contribution is -2.41. The van der Waals surface area contributed by atoms with Crippen LogP contribution in [0, 0.1) is 0 Å². The minimum atomic E-state index is -3.84. The first-order valence-corrected chi connectivity index (χ1v) is 9.76. The molecule has 0 spiro atoms. The lowest BCUT2D eigenvalue weighted by atomic mass is 10.1. The Kier molecular flexibility index (Phi) is 4.62. The Balaban J connectivity index is 2.05. The maximum absolute atomic E-state index is 13.1. The van der Waals surface area contributed by atoms with E-state index in [9.17, 15) is 13.2 Å². The van der Waals surface area contributed by atoms with E-state index in [0.29, 0.717) is 10.6 Å².